The Balaban J connectivity index is 1.26. The lowest BCUT2D eigenvalue weighted by molar-refractivity contribution is -0.0286. The Morgan fingerprint density at radius 1 is 0.880 bits per heavy atom. The van der Waals surface area contributed by atoms with Crippen LogP contribution in [-0.2, 0) is 0 Å². The number of piperidine rings is 2. The summed E-state index contributed by atoms with van der Waals surface area (Å²) in [7, 11) is 0. The van der Waals surface area contributed by atoms with Gasteiger partial charge < -0.3 is 4.90 Å². The van der Waals surface area contributed by atoms with Crippen molar-refractivity contribution >= 4 is 5.69 Å². The van der Waals surface area contributed by atoms with Crippen molar-refractivity contribution in [1.29, 1.82) is 0 Å². The lowest BCUT2D eigenvalue weighted by Gasteiger charge is -2.53. The van der Waals surface area contributed by atoms with Gasteiger partial charge in [-0.15, -0.1) is 0 Å². The fourth-order valence-corrected chi connectivity index (χ4v) is 4.83. The fourth-order valence-electron chi connectivity index (χ4n) is 4.83. The Hall–Kier alpha value is -1.20. The lowest BCUT2D eigenvalue weighted by Crippen LogP contribution is -2.65. The summed E-state index contributed by atoms with van der Waals surface area (Å²) in [5.41, 5.74) is 0.806. The van der Waals surface area contributed by atoms with Crippen molar-refractivity contribution in [3.8, 4) is 0 Å². The third-order valence-electron chi connectivity index (χ3n) is 6.46. The van der Waals surface area contributed by atoms with Crippen molar-refractivity contribution < 1.29 is 8.78 Å². The number of hydrogen-bond acceptors (Lipinski definition) is 3. The zero-order chi connectivity index (χ0) is 17.4. The highest BCUT2D eigenvalue weighted by atomic mass is 19.2. The van der Waals surface area contributed by atoms with Crippen molar-refractivity contribution in [3.63, 3.8) is 0 Å². The van der Waals surface area contributed by atoms with Crippen molar-refractivity contribution in [3.05, 3.63) is 29.8 Å². The second kappa shape index (κ2) is 7.20. The maximum atomic E-state index is 13.4. The smallest absolute Gasteiger partial charge is 0.160 e. The minimum Gasteiger partial charge on any atom is -0.371 e. The highest BCUT2D eigenvalue weighted by molar-refractivity contribution is 5.47. The molecule has 0 saturated carbocycles. The maximum Gasteiger partial charge on any atom is 0.160 e. The van der Waals surface area contributed by atoms with Crippen LogP contribution in [0.2, 0.25) is 0 Å². The minimum atomic E-state index is -0.766. The van der Waals surface area contributed by atoms with Crippen LogP contribution in [0.15, 0.2) is 18.2 Å². The van der Waals surface area contributed by atoms with Crippen molar-refractivity contribution in [2.75, 3.05) is 37.6 Å². The van der Waals surface area contributed by atoms with Crippen LogP contribution in [0.5, 0.6) is 0 Å². The van der Waals surface area contributed by atoms with Gasteiger partial charge in [-0.25, -0.2) is 8.78 Å². The zero-order valence-corrected chi connectivity index (χ0v) is 15.1. The highest BCUT2D eigenvalue weighted by Crippen LogP contribution is 2.30. The van der Waals surface area contributed by atoms with Crippen LogP contribution in [0.4, 0.5) is 14.5 Å². The quantitative estimate of drug-likeness (QED) is 0.827. The monoisotopic (exact) mass is 349 g/mol. The summed E-state index contributed by atoms with van der Waals surface area (Å²) in [6.07, 6.45) is 6.32. The van der Waals surface area contributed by atoms with Crippen LogP contribution in [0.25, 0.3) is 0 Å². The highest BCUT2D eigenvalue weighted by Gasteiger charge is 2.39. The maximum absolute atomic E-state index is 13.4. The number of halogens is 2. The van der Waals surface area contributed by atoms with Crippen LogP contribution in [0.1, 0.15) is 39.0 Å². The SMILES string of the molecule is CC1CCCCN1C1CN(C2CCN(c3ccc(F)c(F)c3)CC2)C1. The van der Waals surface area contributed by atoms with E-state index in [9.17, 15) is 8.78 Å². The number of benzene rings is 1. The van der Waals surface area contributed by atoms with Gasteiger partial charge in [-0.05, 0) is 51.3 Å². The van der Waals surface area contributed by atoms with Gasteiger partial charge >= 0.3 is 0 Å². The van der Waals surface area contributed by atoms with E-state index in [4.69, 9.17) is 0 Å². The molecule has 3 aliphatic heterocycles. The summed E-state index contributed by atoms with van der Waals surface area (Å²) in [5.74, 6) is -1.52. The molecule has 1 unspecified atom stereocenters. The third kappa shape index (κ3) is 3.54. The molecule has 0 radical (unpaired) electrons. The Bertz CT molecular complexity index is 595. The first-order valence-corrected chi connectivity index (χ1v) is 9.81. The molecule has 3 saturated heterocycles. The summed E-state index contributed by atoms with van der Waals surface area (Å²) in [6.45, 7) is 7.92. The standard InChI is InChI=1S/C20H29F2N3/c1-15-4-2-3-9-25(15)18-13-24(14-18)16-7-10-23(11-8-16)17-5-6-19(21)20(22)12-17/h5-6,12,15-16,18H,2-4,7-11,13-14H2,1H3. The van der Waals surface area contributed by atoms with E-state index in [1.165, 1.54) is 51.0 Å². The Morgan fingerprint density at radius 3 is 2.32 bits per heavy atom. The average Bonchev–Trinajstić information content (AvgIpc) is 2.58. The topological polar surface area (TPSA) is 9.72 Å². The molecule has 0 aromatic heterocycles. The predicted molar refractivity (Wildman–Crippen MR) is 97.0 cm³/mol. The van der Waals surface area contributed by atoms with E-state index in [0.29, 0.717) is 6.04 Å². The molecule has 25 heavy (non-hydrogen) atoms. The van der Waals surface area contributed by atoms with Gasteiger partial charge in [0, 0.05) is 56.1 Å². The molecule has 3 nitrogen and oxygen atoms in total. The zero-order valence-electron chi connectivity index (χ0n) is 15.1. The molecule has 0 N–H and O–H groups in total. The number of hydrogen-bond donors (Lipinski definition) is 0. The van der Waals surface area contributed by atoms with E-state index in [0.717, 1.165) is 43.7 Å². The lowest BCUT2D eigenvalue weighted by atomic mass is 9.93. The molecule has 0 amide bonds. The number of likely N-dealkylation sites (tertiary alicyclic amines) is 2. The molecule has 4 rings (SSSR count). The summed E-state index contributed by atoms with van der Waals surface area (Å²) in [5, 5.41) is 0. The van der Waals surface area contributed by atoms with Crippen LogP contribution in [0.3, 0.4) is 0 Å². The molecule has 3 fully saturated rings. The van der Waals surface area contributed by atoms with Crippen LogP contribution >= 0.6 is 0 Å². The first-order chi connectivity index (χ1) is 12.1. The second-order valence-electron chi connectivity index (χ2n) is 8.01. The van der Waals surface area contributed by atoms with Crippen LogP contribution in [0, 0.1) is 11.6 Å². The van der Waals surface area contributed by atoms with E-state index in [2.05, 4.69) is 21.6 Å². The van der Waals surface area contributed by atoms with E-state index < -0.39 is 11.6 Å². The van der Waals surface area contributed by atoms with E-state index in [1.807, 2.05) is 0 Å². The van der Waals surface area contributed by atoms with Gasteiger partial charge in [-0.3, -0.25) is 9.80 Å². The summed E-state index contributed by atoms with van der Waals surface area (Å²) < 4.78 is 26.5. The molecule has 138 valence electrons. The third-order valence-corrected chi connectivity index (χ3v) is 6.46. The van der Waals surface area contributed by atoms with Crippen LogP contribution < -0.4 is 4.90 Å². The van der Waals surface area contributed by atoms with Crippen molar-refractivity contribution in [1.82, 2.24) is 9.80 Å². The molecule has 0 bridgehead atoms. The normalized spacial score (nSPS) is 27.5. The summed E-state index contributed by atoms with van der Waals surface area (Å²) in [4.78, 5) is 7.54. The largest absolute Gasteiger partial charge is 0.371 e. The molecule has 0 spiro atoms. The molecule has 1 aromatic rings. The molecule has 3 heterocycles. The van der Waals surface area contributed by atoms with Gasteiger partial charge in [0.2, 0.25) is 0 Å². The van der Waals surface area contributed by atoms with Crippen molar-refractivity contribution in [2.24, 2.45) is 0 Å². The van der Waals surface area contributed by atoms with E-state index in [1.54, 1.807) is 6.07 Å². The first-order valence-electron chi connectivity index (χ1n) is 9.81. The number of nitrogens with zero attached hydrogens (tertiary/aromatic N) is 3. The second-order valence-corrected chi connectivity index (χ2v) is 8.01. The van der Waals surface area contributed by atoms with Crippen molar-refractivity contribution in [2.45, 2.75) is 57.2 Å². The van der Waals surface area contributed by atoms with Gasteiger partial charge in [0.1, 0.15) is 0 Å². The fraction of sp³-hybridized carbons (Fsp3) is 0.700. The average molecular weight is 349 g/mol. The van der Waals surface area contributed by atoms with Gasteiger partial charge in [0.05, 0.1) is 0 Å². The van der Waals surface area contributed by atoms with E-state index in [-0.39, 0.29) is 0 Å². The molecule has 5 heteroatoms. The van der Waals surface area contributed by atoms with Gasteiger partial charge in [-0.1, -0.05) is 6.42 Å². The molecular weight excluding hydrogens is 320 g/mol. The van der Waals surface area contributed by atoms with Crippen LogP contribution in [-0.4, -0.2) is 60.6 Å². The molecular formula is C20H29F2N3. The number of anilines is 1. The molecule has 0 aliphatic carbocycles. The van der Waals surface area contributed by atoms with Gasteiger partial charge in [-0.2, -0.15) is 0 Å². The molecule has 1 atom stereocenters. The van der Waals surface area contributed by atoms with E-state index >= 15 is 0 Å². The number of rotatable bonds is 3. The molecule has 3 aliphatic rings. The van der Waals surface area contributed by atoms with Gasteiger partial charge in [0.25, 0.3) is 0 Å². The first kappa shape index (κ1) is 17.2. The summed E-state index contributed by atoms with van der Waals surface area (Å²) in [6, 6.07) is 6.40. The Kier molecular flexibility index (Phi) is 4.96. The van der Waals surface area contributed by atoms with Gasteiger partial charge in [0.15, 0.2) is 11.6 Å². The predicted octanol–water partition coefficient (Wildman–Crippen LogP) is 3.49. The Morgan fingerprint density at radius 2 is 1.64 bits per heavy atom. The Labute approximate surface area is 149 Å². The molecule has 1 aromatic carbocycles. The summed E-state index contributed by atoms with van der Waals surface area (Å²) >= 11 is 0. The minimum absolute atomic E-state index is 0.651.